The maximum absolute atomic E-state index is 11.1. The normalized spacial score (nSPS) is 25.6. The van der Waals surface area contributed by atoms with Crippen molar-refractivity contribution in [3.8, 4) is 6.07 Å². The number of carbonyl (C=O) groups is 1. The van der Waals surface area contributed by atoms with Gasteiger partial charge < -0.3 is 5.32 Å². The van der Waals surface area contributed by atoms with Crippen LogP contribution >= 0.6 is 0 Å². The minimum atomic E-state index is -0.130. The Hall–Kier alpha value is -1.04. The van der Waals surface area contributed by atoms with E-state index in [1.807, 2.05) is 6.07 Å². The molecule has 1 rings (SSSR count). The molecule has 0 spiro atoms. The number of nitrogens with zero attached hydrogens (tertiary/aromatic N) is 1. The summed E-state index contributed by atoms with van der Waals surface area (Å²) in [4.78, 5) is 11.1. The quantitative estimate of drug-likeness (QED) is 0.770. The standard InChI is InChI=1S/C12H20N2O/c1-2-10-3-5-11(6-4-10)9-14-12(15)7-8-13/h10-11H,2-7,9H2,1H3,(H,14,15). The lowest BCUT2D eigenvalue weighted by Gasteiger charge is -2.27. The predicted octanol–water partition coefficient (Wildman–Crippen LogP) is 2.23. The molecule has 0 radical (unpaired) electrons. The molecule has 0 aliphatic heterocycles. The summed E-state index contributed by atoms with van der Waals surface area (Å²) in [6.07, 6.45) is 6.33. The first-order chi connectivity index (χ1) is 7.26. The zero-order valence-electron chi connectivity index (χ0n) is 9.46. The molecular formula is C12H20N2O. The van der Waals surface area contributed by atoms with Gasteiger partial charge in [0.15, 0.2) is 0 Å². The second kappa shape index (κ2) is 6.44. The first kappa shape index (κ1) is 12.0. The van der Waals surface area contributed by atoms with E-state index in [1.54, 1.807) is 0 Å². The molecular weight excluding hydrogens is 188 g/mol. The number of hydrogen-bond donors (Lipinski definition) is 1. The molecule has 0 heterocycles. The van der Waals surface area contributed by atoms with Crippen LogP contribution in [0.4, 0.5) is 0 Å². The topological polar surface area (TPSA) is 52.9 Å². The zero-order chi connectivity index (χ0) is 11.1. The second-order valence-electron chi connectivity index (χ2n) is 4.43. The molecule has 1 N–H and O–H groups in total. The first-order valence-corrected chi connectivity index (χ1v) is 5.89. The highest BCUT2D eigenvalue weighted by molar-refractivity contribution is 5.77. The molecule has 0 bridgehead atoms. The van der Waals surface area contributed by atoms with E-state index in [2.05, 4.69) is 12.2 Å². The van der Waals surface area contributed by atoms with E-state index in [1.165, 1.54) is 32.1 Å². The molecule has 1 aliphatic rings. The van der Waals surface area contributed by atoms with Crippen molar-refractivity contribution >= 4 is 5.91 Å². The fraction of sp³-hybridized carbons (Fsp3) is 0.833. The smallest absolute Gasteiger partial charge is 0.234 e. The first-order valence-electron chi connectivity index (χ1n) is 5.89. The van der Waals surface area contributed by atoms with Crippen LogP contribution in [0.5, 0.6) is 0 Å². The highest BCUT2D eigenvalue weighted by Gasteiger charge is 2.19. The van der Waals surface area contributed by atoms with Gasteiger partial charge in [0, 0.05) is 6.54 Å². The van der Waals surface area contributed by atoms with Crippen molar-refractivity contribution < 1.29 is 4.79 Å². The van der Waals surface area contributed by atoms with Crippen LogP contribution in [0.15, 0.2) is 0 Å². The van der Waals surface area contributed by atoms with Crippen LogP contribution in [0.2, 0.25) is 0 Å². The lowest BCUT2D eigenvalue weighted by atomic mass is 9.81. The average Bonchev–Trinajstić information content (AvgIpc) is 2.27. The van der Waals surface area contributed by atoms with Crippen molar-refractivity contribution in [3.63, 3.8) is 0 Å². The van der Waals surface area contributed by atoms with Gasteiger partial charge in [-0.25, -0.2) is 0 Å². The zero-order valence-corrected chi connectivity index (χ0v) is 9.46. The minimum Gasteiger partial charge on any atom is -0.355 e. The monoisotopic (exact) mass is 208 g/mol. The van der Waals surface area contributed by atoms with Gasteiger partial charge in [-0.2, -0.15) is 5.26 Å². The summed E-state index contributed by atoms with van der Waals surface area (Å²) in [5.41, 5.74) is 0. The highest BCUT2D eigenvalue weighted by Crippen LogP contribution is 2.29. The minimum absolute atomic E-state index is 0.00962. The van der Waals surface area contributed by atoms with Crippen LogP contribution in [0.1, 0.15) is 45.4 Å². The van der Waals surface area contributed by atoms with E-state index in [9.17, 15) is 4.79 Å². The van der Waals surface area contributed by atoms with Gasteiger partial charge >= 0.3 is 0 Å². The van der Waals surface area contributed by atoms with Crippen molar-refractivity contribution in [3.05, 3.63) is 0 Å². The number of amides is 1. The molecule has 0 aromatic carbocycles. The van der Waals surface area contributed by atoms with E-state index in [-0.39, 0.29) is 12.3 Å². The van der Waals surface area contributed by atoms with Crippen LogP contribution in [0.25, 0.3) is 0 Å². The van der Waals surface area contributed by atoms with E-state index in [0.29, 0.717) is 5.92 Å². The molecule has 3 heteroatoms. The van der Waals surface area contributed by atoms with Gasteiger partial charge in [0.1, 0.15) is 6.42 Å². The molecule has 15 heavy (non-hydrogen) atoms. The van der Waals surface area contributed by atoms with Gasteiger partial charge in [0.05, 0.1) is 6.07 Å². The Balaban J connectivity index is 2.14. The Morgan fingerprint density at radius 1 is 1.33 bits per heavy atom. The van der Waals surface area contributed by atoms with E-state index < -0.39 is 0 Å². The maximum atomic E-state index is 11.1. The number of rotatable bonds is 4. The number of hydrogen-bond acceptors (Lipinski definition) is 2. The predicted molar refractivity (Wildman–Crippen MR) is 59.0 cm³/mol. The molecule has 1 fully saturated rings. The third-order valence-electron chi connectivity index (χ3n) is 3.37. The van der Waals surface area contributed by atoms with Crippen LogP contribution < -0.4 is 5.32 Å². The molecule has 1 aliphatic carbocycles. The molecule has 0 atom stereocenters. The summed E-state index contributed by atoms with van der Waals surface area (Å²) in [7, 11) is 0. The highest BCUT2D eigenvalue weighted by atomic mass is 16.1. The Bertz CT molecular complexity index is 236. The summed E-state index contributed by atoms with van der Waals surface area (Å²) in [6, 6.07) is 1.86. The van der Waals surface area contributed by atoms with E-state index in [4.69, 9.17) is 5.26 Å². The number of carbonyl (C=O) groups excluding carboxylic acids is 1. The van der Waals surface area contributed by atoms with Crippen molar-refractivity contribution in [1.82, 2.24) is 5.32 Å². The third-order valence-corrected chi connectivity index (χ3v) is 3.37. The fourth-order valence-corrected chi connectivity index (χ4v) is 2.24. The summed E-state index contributed by atoms with van der Waals surface area (Å²) in [5, 5.41) is 11.2. The van der Waals surface area contributed by atoms with Gasteiger partial charge in [-0.05, 0) is 24.7 Å². The Kier molecular flexibility index (Phi) is 5.17. The molecule has 0 aromatic rings. The van der Waals surface area contributed by atoms with Crippen LogP contribution in [0.3, 0.4) is 0 Å². The van der Waals surface area contributed by atoms with Gasteiger partial charge in [0.25, 0.3) is 0 Å². The molecule has 1 saturated carbocycles. The molecule has 0 aromatic heterocycles. The molecule has 1 amide bonds. The Labute approximate surface area is 91.9 Å². The summed E-state index contributed by atoms with van der Waals surface area (Å²) in [5.74, 6) is 1.40. The van der Waals surface area contributed by atoms with Crippen LogP contribution in [-0.2, 0) is 4.79 Å². The van der Waals surface area contributed by atoms with Gasteiger partial charge in [0.2, 0.25) is 5.91 Å². The lowest BCUT2D eigenvalue weighted by molar-refractivity contribution is -0.120. The molecule has 84 valence electrons. The van der Waals surface area contributed by atoms with Gasteiger partial charge in [-0.1, -0.05) is 26.2 Å². The maximum Gasteiger partial charge on any atom is 0.234 e. The van der Waals surface area contributed by atoms with E-state index >= 15 is 0 Å². The molecule has 0 unspecified atom stereocenters. The Morgan fingerprint density at radius 3 is 2.47 bits per heavy atom. The number of nitriles is 1. The largest absolute Gasteiger partial charge is 0.355 e. The van der Waals surface area contributed by atoms with Crippen LogP contribution in [-0.4, -0.2) is 12.5 Å². The van der Waals surface area contributed by atoms with Gasteiger partial charge in [-0.3, -0.25) is 4.79 Å². The fourth-order valence-electron chi connectivity index (χ4n) is 2.24. The second-order valence-corrected chi connectivity index (χ2v) is 4.43. The van der Waals surface area contributed by atoms with Crippen molar-refractivity contribution in [2.45, 2.75) is 45.4 Å². The van der Waals surface area contributed by atoms with Crippen molar-refractivity contribution in [2.24, 2.45) is 11.8 Å². The Morgan fingerprint density at radius 2 is 1.93 bits per heavy atom. The van der Waals surface area contributed by atoms with Crippen molar-refractivity contribution in [2.75, 3.05) is 6.54 Å². The van der Waals surface area contributed by atoms with Crippen molar-refractivity contribution in [1.29, 1.82) is 5.26 Å². The molecule has 0 saturated heterocycles. The SMILES string of the molecule is CCC1CCC(CNC(=O)CC#N)CC1. The lowest BCUT2D eigenvalue weighted by Crippen LogP contribution is -2.30. The summed E-state index contributed by atoms with van der Waals surface area (Å²) < 4.78 is 0. The van der Waals surface area contributed by atoms with Crippen LogP contribution in [0, 0.1) is 23.2 Å². The van der Waals surface area contributed by atoms with Gasteiger partial charge in [-0.15, -0.1) is 0 Å². The third kappa shape index (κ3) is 4.33. The average molecular weight is 208 g/mol. The number of nitrogens with one attached hydrogen (secondary N) is 1. The summed E-state index contributed by atoms with van der Waals surface area (Å²) >= 11 is 0. The van der Waals surface area contributed by atoms with E-state index in [0.717, 1.165) is 12.5 Å². The molecule has 3 nitrogen and oxygen atoms in total. The summed E-state index contributed by atoms with van der Waals surface area (Å²) in [6.45, 7) is 3.01.